The lowest BCUT2D eigenvalue weighted by atomic mass is 9.87. The highest BCUT2D eigenvalue weighted by Crippen LogP contribution is 2.26. The van der Waals surface area contributed by atoms with Crippen LogP contribution in [0.2, 0.25) is 0 Å². The minimum atomic E-state index is -0.169. The van der Waals surface area contributed by atoms with Crippen molar-refractivity contribution in [3.05, 3.63) is 30.1 Å². The fourth-order valence-electron chi connectivity index (χ4n) is 2.46. The molecule has 0 aromatic heterocycles. The second-order valence-electron chi connectivity index (χ2n) is 4.73. The number of anilines is 1. The Morgan fingerprint density at radius 2 is 1.75 bits per heavy atom. The van der Waals surface area contributed by atoms with Crippen molar-refractivity contribution in [2.24, 2.45) is 5.92 Å². The highest BCUT2D eigenvalue weighted by atomic mass is 19.1. The van der Waals surface area contributed by atoms with Crippen LogP contribution in [0.1, 0.15) is 38.5 Å². The maximum Gasteiger partial charge on any atom is 0.123 e. The molecule has 1 nitrogen and oxygen atoms in total. The molecule has 0 bridgehead atoms. The van der Waals surface area contributed by atoms with E-state index in [1.807, 2.05) is 0 Å². The van der Waals surface area contributed by atoms with Crippen LogP contribution in [0.3, 0.4) is 0 Å². The molecule has 1 fully saturated rings. The second kappa shape index (κ2) is 5.88. The van der Waals surface area contributed by atoms with Gasteiger partial charge >= 0.3 is 0 Å². The van der Waals surface area contributed by atoms with Crippen molar-refractivity contribution in [2.75, 3.05) is 11.9 Å². The van der Waals surface area contributed by atoms with E-state index in [9.17, 15) is 4.39 Å². The third kappa shape index (κ3) is 3.51. The summed E-state index contributed by atoms with van der Waals surface area (Å²) in [4.78, 5) is 0. The molecule has 0 amide bonds. The van der Waals surface area contributed by atoms with Gasteiger partial charge in [-0.05, 0) is 36.6 Å². The van der Waals surface area contributed by atoms with Gasteiger partial charge in [0.2, 0.25) is 0 Å². The van der Waals surface area contributed by atoms with Crippen LogP contribution in [0.4, 0.5) is 10.1 Å². The number of nitrogens with one attached hydrogen (secondary N) is 1. The predicted octanol–water partition coefficient (Wildman–Crippen LogP) is 4.21. The third-order valence-electron chi connectivity index (χ3n) is 3.45. The molecule has 1 aromatic rings. The number of hydrogen-bond donors (Lipinski definition) is 1. The largest absolute Gasteiger partial charge is 0.385 e. The van der Waals surface area contributed by atoms with Gasteiger partial charge in [0.1, 0.15) is 5.82 Å². The first-order valence-corrected chi connectivity index (χ1v) is 6.34. The Morgan fingerprint density at radius 1 is 1.06 bits per heavy atom. The maximum absolute atomic E-state index is 12.7. The maximum atomic E-state index is 12.7. The molecule has 0 unspecified atom stereocenters. The minimum Gasteiger partial charge on any atom is -0.385 e. The summed E-state index contributed by atoms with van der Waals surface area (Å²) in [6, 6.07) is 6.61. The molecule has 16 heavy (non-hydrogen) atoms. The van der Waals surface area contributed by atoms with Crippen LogP contribution in [-0.2, 0) is 0 Å². The van der Waals surface area contributed by atoms with Crippen molar-refractivity contribution in [3.8, 4) is 0 Å². The standard InChI is InChI=1S/C14H20FN/c15-13-6-8-14(9-7-13)16-11-10-12-4-2-1-3-5-12/h6-9,12,16H,1-5,10-11H2. The Balaban J connectivity index is 1.69. The summed E-state index contributed by atoms with van der Waals surface area (Å²) >= 11 is 0. The highest BCUT2D eigenvalue weighted by Gasteiger charge is 2.12. The van der Waals surface area contributed by atoms with Crippen LogP contribution >= 0.6 is 0 Å². The molecule has 0 radical (unpaired) electrons. The minimum absolute atomic E-state index is 0.169. The summed E-state index contributed by atoms with van der Waals surface area (Å²) < 4.78 is 12.7. The van der Waals surface area contributed by atoms with E-state index in [-0.39, 0.29) is 5.82 Å². The summed E-state index contributed by atoms with van der Waals surface area (Å²) in [6.45, 7) is 1.01. The third-order valence-corrected chi connectivity index (χ3v) is 3.45. The fraction of sp³-hybridized carbons (Fsp3) is 0.571. The van der Waals surface area contributed by atoms with Gasteiger partial charge in [-0.1, -0.05) is 32.1 Å². The van der Waals surface area contributed by atoms with Crippen molar-refractivity contribution >= 4 is 5.69 Å². The SMILES string of the molecule is Fc1ccc(NCCC2CCCCC2)cc1. The van der Waals surface area contributed by atoms with Gasteiger partial charge in [-0.3, -0.25) is 0 Å². The zero-order chi connectivity index (χ0) is 11.2. The summed E-state index contributed by atoms with van der Waals surface area (Å²) in [5, 5.41) is 3.35. The summed E-state index contributed by atoms with van der Waals surface area (Å²) in [5.41, 5.74) is 1.03. The van der Waals surface area contributed by atoms with Crippen LogP contribution in [0, 0.1) is 11.7 Å². The predicted molar refractivity (Wildman–Crippen MR) is 66.1 cm³/mol. The normalized spacial score (nSPS) is 17.3. The van der Waals surface area contributed by atoms with Gasteiger partial charge in [0.05, 0.1) is 0 Å². The summed E-state index contributed by atoms with van der Waals surface area (Å²) in [5.74, 6) is 0.736. The number of halogens is 1. The molecule has 88 valence electrons. The highest BCUT2D eigenvalue weighted by molar-refractivity contribution is 5.42. The molecule has 0 atom stereocenters. The average molecular weight is 221 g/mol. The lowest BCUT2D eigenvalue weighted by Crippen LogP contribution is -2.12. The van der Waals surface area contributed by atoms with Crippen molar-refractivity contribution in [3.63, 3.8) is 0 Å². The molecule has 1 N–H and O–H groups in total. The zero-order valence-corrected chi connectivity index (χ0v) is 9.71. The van der Waals surface area contributed by atoms with Crippen LogP contribution < -0.4 is 5.32 Å². The van der Waals surface area contributed by atoms with E-state index in [2.05, 4.69) is 5.32 Å². The van der Waals surface area contributed by atoms with Gasteiger partial charge in [0, 0.05) is 12.2 Å². The molecule has 0 aliphatic heterocycles. The Morgan fingerprint density at radius 3 is 2.44 bits per heavy atom. The topological polar surface area (TPSA) is 12.0 Å². The number of benzene rings is 1. The van der Waals surface area contributed by atoms with Crippen LogP contribution in [0.25, 0.3) is 0 Å². The molecule has 2 rings (SSSR count). The van der Waals surface area contributed by atoms with Gasteiger partial charge in [-0.2, -0.15) is 0 Å². The molecule has 0 spiro atoms. The molecule has 0 saturated heterocycles. The molecule has 2 heteroatoms. The van der Waals surface area contributed by atoms with E-state index < -0.39 is 0 Å². The van der Waals surface area contributed by atoms with Crippen molar-refractivity contribution in [1.82, 2.24) is 0 Å². The Kier molecular flexibility index (Phi) is 4.20. The van der Waals surface area contributed by atoms with Gasteiger partial charge in [0.15, 0.2) is 0 Å². The monoisotopic (exact) mass is 221 g/mol. The van der Waals surface area contributed by atoms with Crippen molar-refractivity contribution in [2.45, 2.75) is 38.5 Å². The second-order valence-corrected chi connectivity index (χ2v) is 4.73. The van der Waals surface area contributed by atoms with Crippen molar-refractivity contribution < 1.29 is 4.39 Å². The Labute approximate surface area is 97.1 Å². The Bertz CT molecular complexity index is 301. The summed E-state index contributed by atoms with van der Waals surface area (Å²) in [7, 11) is 0. The lowest BCUT2D eigenvalue weighted by Gasteiger charge is -2.21. The van der Waals surface area contributed by atoms with E-state index in [1.165, 1.54) is 50.7 Å². The average Bonchev–Trinajstić information content (AvgIpc) is 2.33. The lowest BCUT2D eigenvalue weighted by molar-refractivity contribution is 0.345. The molecule has 1 aromatic carbocycles. The quantitative estimate of drug-likeness (QED) is 0.803. The van der Waals surface area contributed by atoms with Gasteiger partial charge in [-0.25, -0.2) is 4.39 Å². The number of hydrogen-bond acceptors (Lipinski definition) is 1. The van der Waals surface area contributed by atoms with Gasteiger partial charge in [-0.15, -0.1) is 0 Å². The number of rotatable bonds is 4. The van der Waals surface area contributed by atoms with Crippen LogP contribution in [-0.4, -0.2) is 6.54 Å². The van der Waals surface area contributed by atoms with E-state index in [0.717, 1.165) is 18.2 Å². The van der Waals surface area contributed by atoms with Crippen molar-refractivity contribution in [1.29, 1.82) is 0 Å². The van der Waals surface area contributed by atoms with E-state index in [4.69, 9.17) is 0 Å². The molecule has 0 heterocycles. The first-order valence-electron chi connectivity index (χ1n) is 6.34. The molecule has 1 aliphatic rings. The van der Waals surface area contributed by atoms with Crippen LogP contribution in [0.5, 0.6) is 0 Å². The van der Waals surface area contributed by atoms with Gasteiger partial charge < -0.3 is 5.32 Å². The molecular formula is C14H20FN. The Hall–Kier alpha value is -1.05. The van der Waals surface area contributed by atoms with E-state index in [0.29, 0.717) is 0 Å². The molecule has 1 saturated carbocycles. The summed E-state index contributed by atoms with van der Waals surface area (Å²) in [6.07, 6.45) is 8.26. The molecule has 1 aliphatic carbocycles. The molecular weight excluding hydrogens is 201 g/mol. The van der Waals surface area contributed by atoms with Gasteiger partial charge in [0.25, 0.3) is 0 Å². The van der Waals surface area contributed by atoms with E-state index in [1.54, 1.807) is 12.1 Å². The first-order chi connectivity index (χ1) is 7.84. The van der Waals surface area contributed by atoms with Crippen LogP contribution in [0.15, 0.2) is 24.3 Å². The smallest absolute Gasteiger partial charge is 0.123 e. The fourth-order valence-corrected chi connectivity index (χ4v) is 2.46. The zero-order valence-electron chi connectivity index (χ0n) is 9.71. The first kappa shape index (κ1) is 11.4. The van der Waals surface area contributed by atoms with E-state index >= 15 is 0 Å².